The predicted octanol–water partition coefficient (Wildman–Crippen LogP) is 4.58. The van der Waals surface area contributed by atoms with E-state index >= 15 is 0 Å². The quantitative estimate of drug-likeness (QED) is 0.322. The number of methoxy groups -OCH3 is 1. The van der Waals surface area contributed by atoms with Gasteiger partial charge < -0.3 is 4.74 Å². The topological polar surface area (TPSA) is 103 Å². The summed E-state index contributed by atoms with van der Waals surface area (Å²) in [6.07, 6.45) is 1.91. The first-order chi connectivity index (χ1) is 16.6. The van der Waals surface area contributed by atoms with Crippen molar-refractivity contribution >= 4 is 17.5 Å². The molecule has 2 heterocycles. The standard InChI is InChI=1S/C25H21N5O4/c1-34-19-13-11-18(12-14-19)23-15-22(17-7-3-2-4-8-17)28(25-26-16-27-29(23)25)24(31)20-9-5-6-10-21(20)30(32)33/h2-14,16,22-23H,15H2,1H3/t22-,23+/m1/s1. The summed E-state index contributed by atoms with van der Waals surface area (Å²) in [5.41, 5.74) is 1.65. The van der Waals surface area contributed by atoms with Crippen molar-refractivity contribution in [3.63, 3.8) is 0 Å². The molecular weight excluding hydrogens is 434 g/mol. The van der Waals surface area contributed by atoms with Crippen LogP contribution >= 0.6 is 0 Å². The highest BCUT2D eigenvalue weighted by Crippen LogP contribution is 2.43. The van der Waals surface area contributed by atoms with E-state index in [0.29, 0.717) is 12.4 Å². The summed E-state index contributed by atoms with van der Waals surface area (Å²) in [5.74, 6) is 0.582. The van der Waals surface area contributed by atoms with Crippen LogP contribution in [0.4, 0.5) is 11.6 Å². The second kappa shape index (κ2) is 8.78. The Kier molecular flexibility index (Phi) is 5.51. The number of amides is 1. The Bertz CT molecular complexity index is 1340. The molecule has 9 heteroatoms. The maximum atomic E-state index is 13.8. The number of benzene rings is 3. The third-order valence-corrected chi connectivity index (χ3v) is 6.06. The van der Waals surface area contributed by atoms with E-state index in [0.717, 1.165) is 16.9 Å². The molecule has 4 aromatic rings. The summed E-state index contributed by atoms with van der Waals surface area (Å²) in [5, 5.41) is 16.1. The molecule has 170 valence electrons. The smallest absolute Gasteiger partial charge is 0.282 e. The molecule has 0 spiro atoms. The molecule has 3 aromatic carbocycles. The number of carbonyl (C=O) groups excluding carboxylic acids is 1. The van der Waals surface area contributed by atoms with Gasteiger partial charge in [-0.3, -0.25) is 19.8 Å². The normalized spacial score (nSPS) is 17.1. The fourth-order valence-electron chi connectivity index (χ4n) is 4.43. The van der Waals surface area contributed by atoms with Crippen molar-refractivity contribution in [1.82, 2.24) is 14.8 Å². The first-order valence-electron chi connectivity index (χ1n) is 10.7. The molecule has 1 aromatic heterocycles. The molecule has 0 N–H and O–H groups in total. The monoisotopic (exact) mass is 455 g/mol. The Morgan fingerprint density at radius 2 is 1.65 bits per heavy atom. The Morgan fingerprint density at radius 1 is 0.971 bits per heavy atom. The minimum absolute atomic E-state index is 0.00544. The van der Waals surface area contributed by atoms with E-state index in [1.807, 2.05) is 54.6 Å². The van der Waals surface area contributed by atoms with Gasteiger partial charge in [-0.2, -0.15) is 10.1 Å². The Morgan fingerprint density at radius 3 is 2.35 bits per heavy atom. The van der Waals surface area contributed by atoms with E-state index in [1.165, 1.54) is 23.4 Å². The third-order valence-electron chi connectivity index (χ3n) is 6.06. The fourth-order valence-corrected chi connectivity index (χ4v) is 4.43. The van der Waals surface area contributed by atoms with E-state index in [2.05, 4.69) is 10.1 Å². The van der Waals surface area contributed by atoms with Crippen LogP contribution in [0, 0.1) is 10.1 Å². The molecule has 2 atom stereocenters. The molecule has 5 rings (SSSR count). The zero-order chi connectivity index (χ0) is 23.7. The van der Waals surface area contributed by atoms with Gasteiger partial charge in [0, 0.05) is 6.07 Å². The van der Waals surface area contributed by atoms with Gasteiger partial charge in [-0.15, -0.1) is 0 Å². The van der Waals surface area contributed by atoms with Crippen LogP contribution in [0.5, 0.6) is 5.75 Å². The highest BCUT2D eigenvalue weighted by atomic mass is 16.6. The number of para-hydroxylation sites is 1. The van der Waals surface area contributed by atoms with Crippen LogP contribution in [0.15, 0.2) is 85.2 Å². The summed E-state index contributed by atoms with van der Waals surface area (Å²) in [6.45, 7) is 0. The molecule has 0 saturated carbocycles. The first-order valence-corrected chi connectivity index (χ1v) is 10.7. The van der Waals surface area contributed by atoms with Crippen molar-refractivity contribution in [2.24, 2.45) is 0 Å². The van der Waals surface area contributed by atoms with Gasteiger partial charge in [0.2, 0.25) is 5.95 Å². The minimum Gasteiger partial charge on any atom is -0.497 e. The molecule has 1 aliphatic rings. The van der Waals surface area contributed by atoms with Gasteiger partial charge in [0.25, 0.3) is 11.6 Å². The van der Waals surface area contributed by atoms with Gasteiger partial charge in [0.15, 0.2) is 0 Å². The Balaban J connectivity index is 1.65. The molecule has 0 aliphatic carbocycles. The second-order valence-corrected chi connectivity index (χ2v) is 7.91. The van der Waals surface area contributed by atoms with Gasteiger partial charge in [-0.05, 0) is 35.7 Å². The number of anilines is 1. The number of hydrogen-bond acceptors (Lipinski definition) is 6. The highest BCUT2D eigenvalue weighted by molar-refractivity contribution is 6.08. The Labute approximate surface area is 195 Å². The van der Waals surface area contributed by atoms with Gasteiger partial charge in [-0.25, -0.2) is 4.68 Å². The van der Waals surface area contributed by atoms with Gasteiger partial charge in [-0.1, -0.05) is 54.6 Å². The SMILES string of the molecule is COc1ccc([C@@H]2C[C@H](c3ccccc3)N(C(=O)c3ccccc3[N+](=O)[O-])c3ncnn32)cc1. The van der Waals surface area contributed by atoms with Gasteiger partial charge >= 0.3 is 0 Å². The molecule has 0 unspecified atom stereocenters. The lowest BCUT2D eigenvalue weighted by Gasteiger charge is -2.39. The largest absolute Gasteiger partial charge is 0.497 e. The molecule has 0 fully saturated rings. The second-order valence-electron chi connectivity index (χ2n) is 7.91. The highest BCUT2D eigenvalue weighted by Gasteiger charge is 2.41. The molecule has 0 radical (unpaired) electrons. The van der Waals surface area contributed by atoms with Crippen LogP contribution in [-0.2, 0) is 0 Å². The number of nitrogens with zero attached hydrogens (tertiary/aromatic N) is 5. The number of aromatic nitrogens is 3. The maximum absolute atomic E-state index is 13.8. The molecule has 9 nitrogen and oxygen atoms in total. The van der Waals surface area contributed by atoms with Crippen molar-refractivity contribution in [2.75, 3.05) is 12.0 Å². The van der Waals surface area contributed by atoms with Crippen molar-refractivity contribution in [1.29, 1.82) is 0 Å². The van der Waals surface area contributed by atoms with Crippen molar-refractivity contribution in [2.45, 2.75) is 18.5 Å². The number of rotatable bonds is 5. The molecular formula is C25H21N5O4. The number of hydrogen-bond donors (Lipinski definition) is 0. The van der Waals surface area contributed by atoms with Crippen molar-refractivity contribution < 1.29 is 14.5 Å². The van der Waals surface area contributed by atoms with Crippen LogP contribution in [0.2, 0.25) is 0 Å². The third kappa shape index (κ3) is 3.66. The maximum Gasteiger partial charge on any atom is 0.282 e. The molecule has 0 bridgehead atoms. The van der Waals surface area contributed by atoms with E-state index in [9.17, 15) is 14.9 Å². The van der Waals surface area contributed by atoms with Crippen LogP contribution in [0.1, 0.15) is 40.0 Å². The number of carbonyl (C=O) groups is 1. The number of nitro benzene ring substituents is 1. The average Bonchev–Trinajstić information content (AvgIpc) is 3.38. The number of ether oxygens (including phenoxy) is 1. The van der Waals surface area contributed by atoms with Crippen LogP contribution in [0.3, 0.4) is 0 Å². The van der Waals surface area contributed by atoms with Crippen molar-refractivity contribution in [3.8, 4) is 5.75 Å². The summed E-state index contributed by atoms with van der Waals surface area (Å²) >= 11 is 0. The van der Waals surface area contributed by atoms with E-state index in [-0.39, 0.29) is 17.3 Å². The number of nitro groups is 1. The average molecular weight is 455 g/mol. The Hall–Kier alpha value is -4.53. The summed E-state index contributed by atoms with van der Waals surface area (Å²) in [7, 11) is 1.61. The first kappa shape index (κ1) is 21.3. The summed E-state index contributed by atoms with van der Waals surface area (Å²) in [6, 6.07) is 22.7. The van der Waals surface area contributed by atoms with Crippen molar-refractivity contribution in [3.05, 3.63) is 112 Å². The lowest BCUT2D eigenvalue weighted by atomic mass is 9.91. The lowest BCUT2D eigenvalue weighted by molar-refractivity contribution is -0.385. The predicted molar refractivity (Wildman–Crippen MR) is 125 cm³/mol. The molecule has 0 saturated heterocycles. The van der Waals surface area contributed by atoms with E-state index in [1.54, 1.807) is 23.9 Å². The van der Waals surface area contributed by atoms with E-state index < -0.39 is 16.9 Å². The van der Waals surface area contributed by atoms with Gasteiger partial charge in [0.1, 0.15) is 17.6 Å². The summed E-state index contributed by atoms with van der Waals surface area (Å²) in [4.78, 5) is 30.8. The lowest BCUT2D eigenvalue weighted by Crippen LogP contribution is -2.42. The molecule has 1 aliphatic heterocycles. The van der Waals surface area contributed by atoms with Gasteiger partial charge in [0.05, 0.1) is 24.1 Å². The van der Waals surface area contributed by atoms with E-state index in [4.69, 9.17) is 4.74 Å². The summed E-state index contributed by atoms with van der Waals surface area (Å²) < 4.78 is 6.99. The molecule has 1 amide bonds. The van der Waals surface area contributed by atoms with Crippen LogP contribution in [-0.4, -0.2) is 32.7 Å². The zero-order valence-corrected chi connectivity index (χ0v) is 18.3. The zero-order valence-electron chi connectivity index (χ0n) is 18.3. The minimum atomic E-state index is -0.542. The fraction of sp³-hybridized carbons (Fsp3) is 0.160. The molecule has 34 heavy (non-hydrogen) atoms. The van der Waals surface area contributed by atoms with Crippen LogP contribution < -0.4 is 9.64 Å². The number of fused-ring (bicyclic) bond motifs is 1. The van der Waals surface area contributed by atoms with Crippen LogP contribution in [0.25, 0.3) is 0 Å².